The predicted molar refractivity (Wildman–Crippen MR) is 21.5 cm³/mol. The van der Waals surface area contributed by atoms with Crippen molar-refractivity contribution in [2.45, 2.75) is 0 Å². The first kappa shape index (κ1) is 8.95. The molecule has 0 aromatic carbocycles. The molecule has 0 saturated heterocycles. The highest BCUT2D eigenvalue weighted by Crippen LogP contribution is 1.48. The minimum Gasteiger partial charge on any atom is -0.366 e. The summed E-state index contributed by atoms with van der Waals surface area (Å²) in [6.07, 6.45) is 1.06. The lowest BCUT2D eigenvalue weighted by Gasteiger charge is -1.65. The van der Waals surface area contributed by atoms with Crippen LogP contribution in [0, 0.1) is 0 Å². The summed E-state index contributed by atoms with van der Waals surface area (Å²) in [5.74, 6) is -0.481. The molecule has 1 amide bonds. The second kappa shape index (κ2) is 4.17. The highest BCUT2D eigenvalue weighted by molar-refractivity contribution is 5.84. The Morgan fingerprint density at radius 3 is 2.00 bits per heavy atom. The van der Waals surface area contributed by atoms with E-state index in [-0.39, 0.29) is 6.15 Å². The molecule has 2 N–H and O–H groups in total. The van der Waals surface area contributed by atoms with Crippen molar-refractivity contribution in [1.29, 1.82) is 0 Å². The van der Waals surface area contributed by atoms with Gasteiger partial charge in [0, 0.05) is 6.15 Å². The van der Waals surface area contributed by atoms with E-state index in [1.54, 1.807) is 0 Å². The first-order valence-electron chi connectivity index (χ1n) is 1.19. The summed E-state index contributed by atoms with van der Waals surface area (Å²) in [5, 5.41) is 0. The number of hydrogen-bond acceptors (Lipinski definition) is 1. The van der Waals surface area contributed by atoms with Crippen LogP contribution in [0.5, 0.6) is 0 Å². The van der Waals surface area contributed by atoms with Crippen LogP contribution in [-0.2, 0) is 4.79 Å². The SMILES string of the molecule is C=CC(N)=O.[N]. The van der Waals surface area contributed by atoms with Crippen molar-refractivity contribution in [3.63, 3.8) is 0 Å². The first-order valence-corrected chi connectivity index (χ1v) is 1.19. The number of rotatable bonds is 1. The standard InChI is InChI=1S/C3H5NO.N/c1-2-3(4)5;/h2H,1H2,(H2,4,5);. The number of nitrogens with two attached hydrogens (primary N) is 1. The smallest absolute Gasteiger partial charge is 0.240 e. The van der Waals surface area contributed by atoms with Gasteiger partial charge in [0.25, 0.3) is 0 Å². The summed E-state index contributed by atoms with van der Waals surface area (Å²) < 4.78 is 0. The van der Waals surface area contributed by atoms with Crippen molar-refractivity contribution in [3.8, 4) is 0 Å². The van der Waals surface area contributed by atoms with Crippen LogP contribution in [0.15, 0.2) is 12.7 Å². The van der Waals surface area contributed by atoms with Crippen LogP contribution < -0.4 is 11.9 Å². The minimum absolute atomic E-state index is 0. The average molecular weight is 85.1 g/mol. The first-order chi connectivity index (χ1) is 2.27. The van der Waals surface area contributed by atoms with Crippen molar-refractivity contribution in [1.82, 2.24) is 6.15 Å². The van der Waals surface area contributed by atoms with Gasteiger partial charge in [-0.2, -0.15) is 0 Å². The summed E-state index contributed by atoms with van der Waals surface area (Å²) in [4.78, 5) is 9.47. The predicted octanol–water partition coefficient (Wildman–Crippen LogP) is -0.823. The summed E-state index contributed by atoms with van der Waals surface area (Å²) in [7, 11) is 0. The maximum Gasteiger partial charge on any atom is 0.240 e. The monoisotopic (exact) mass is 85.0 g/mol. The Kier molecular flexibility index (Phi) is 6.22. The molecule has 3 heteroatoms. The fraction of sp³-hybridized carbons (Fsp3) is 0. The Morgan fingerprint density at radius 2 is 2.00 bits per heavy atom. The lowest BCUT2D eigenvalue weighted by molar-refractivity contribution is -0.113. The zero-order chi connectivity index (χ0) is 4.28. The van der Waals surface area contributed by atoms with Crippen LogP contribution >= 0.6 is 0 Å². The molecule has 3 radical (unpaired) electrons. The van der Waals surface area contributed by atoms with Gasteiger partial charge in [-0.05, 0) is 6.08 Å². The molecule has 0 aliphatic rings. The van der Waals surface area contributed by atoms with Crippen LogP contribution in [0.3, 0.4) is 0 Å². The highest BCUT2D eigenvalue weighted by atomic mass is 16.1. The van der Waals surface area contributed by atoms with E-state index in [9.17, 15) is 4.79 Å². The minimum atomic E-state index is -0.481. The van der Waals surface area contributed by atoms with E-state index in [1.807, 2.05) is 0 Å². The molecule has 0 rings (SSSR count). The molecule has 0 bridgehead atoms. The largest absolute Gasteiger partial charge is 0.366 e. The van der Waals surface area contributed by atoms with E-state index in [4.69, 9.17) is 0 Å². The molecule has 0 saturated carbocycles. The van der Waals surface area contributed by atoms with Crippen LogP contribution in [0.25, 0.3) is 0 Å². The van der Waals surface area contributed by atoms with Crippen molar-refractivity contribution in [3.05, 3.63) is 12.7 Å². The van der Waals surface area contributed by atoms with Crippen molar-refractivity contribution in [2.75, 3.05) is 0 Å². The molecule has 0 aromatic rings. The quantitative estimate of drug-likeness (QED) is 0.415. The second-order valence-corrected chi connectivity index (χ2v) is 0.606. The van der Waals surface area contributed by atoms with Gasteiger partial charge >= 0.3 is 0 Å². The number of primary amides is 1. The molecule has 33 valence electrons. The van der Waals surface area contributed by atoms with Crippen LogP contribution in [0.1, 0.15) is 0 Å². The molecule has 0 heterocycles. The van der Waals surface area contributed by atoms with Gasteiger partial charge < -0.3 is 5.73 Å². The zero-order valence-corrected chi connectivity index (χ0v) is 3.22. The van der Waals surface area contributed by atoms with E-state index in [0.29, 0.717) is 0 Å². The van der Waals surface area contributed by atoms with Gasteiger partial charge in [0.2, 0.25) is 5.91 Å². The van der Waals surface area contributed by atoms with E-state index in [1.165, 1.54) is 0 Å². The van der Waals surface area contributed by atoms with Gasteiger partial charge in [0.1, 0.15) is 0 Å². The lowest BCUT2D eigenvalue weighted by Crippen LogP contribution is -2.04. The van der Waals surface area contributed by atoms with E-state index in [0.717, 1.165) is 6.08 Å². The maximum atomic E-state index is 9.47. The Morgan fingerprint density at radius 1 is 1.83 bits per heavy atom. The van der Waals surface area contributed by atoms with Crippen LogP contribution in [0.2, 0.25) is 0 Å². The zero-order valence-electron chi connectivity index (χ0n) is 3.22. The van der Waals surface area contributed by atoms with Gasteiger partial charge in [-0.25, -0.2) is 0 Å². The van der Waals surface area contributed by atoms with Gasteiger partial charge in [-0.3, -0.25) is 4.79 Å². The molecular weight excluding hydrogens is 80.0 g/mol. The van der Waals surface area contributed by atoms with Crippen LogP contribution in [0.4, 0.5) is 0 Å². The molecule has 0 aromatic heterocycles. The lowest BCUT2D eigenvalue weighted by atomic mass is 10.6. The third-order valence-corrected chi connectivity index (χ3v) is 0.201. The summed E-state index contributed by atoms with van der Waals surface area (Å²) in [5.41, 5.74) is 4.53. The Balaban J connectivity index is 0. The number of carbonyl (C=O) groups is 1. The molecule has 0 fully saturated rings. The van der Waals surface area contributed by atoms with Crippen LogP contribution in [-0.4, -0.2) is 5.91 Å². The fourth-order valence-corrected chi connectivity index (χ4v) is 0. The van der Waals surface area contributed by atoms with E-state index in [2.05, 4.69) is 12.3 Å². The van der Waals surface area contributed by atoms with Crippen molar-refractivity contribution < 1.29 is 4.79 Å². The molecule has 0 atom stereocenters. The molecule has 0 spiro atoms. The third kappa shape index (κ3) is 10.9. The number of hydrogen-bond donors (Lipinski definition) is 1. The summed E-state index contributed by atoms with van der Waals surface area (Å²) in [6, 6.07) is 0. The molecule has 0 aliphatic carbocycles. The van der Waals surface area contributed by atoms with Gasteiger partial charge in [-0.1, -0.05) is 6.58 Å². The fourth-order valence-electron chi connectivity index (χ4n) is 0. The molecule has 3 nitrogen and oxygen atoms in total. The third-order valence-electron chi connectivity index (χ3n) is 0.201. The normalized spacial score (nSPS) is 5.33. The topological polar surface area (TPSA) is 73.6 Å². The Hall–Kier alpha value is -0.830. The van der Waals surface area contributed by atoms with Crippen molar-refractivity contribution >= 4 is 5.91 Å². The Labute approximate surface area is 36.4 Å². The molecular formula is C3H5N2O. The summed E-state index contributed by atoms with van der Waals surface area (Å²) in [6.45, 7) is 3.09. The average Bonchev–Trinajstić information content (AvgIpc) is 1.38. The van der Waals surface area contributed by atoms with Gasteiger partial charge in [0.05, 0.1) is 0 Å². The summed E-state index contributed by atoms with van der Waals surface area (Å²) >= 11 is 0. The van der Waals surface area contributed by atoms with Gasteiger partial charge in [0.15, 0.2) is 0 Å². The van der Waals surface area contributed by atoms with E-state index < -0.39 is 5.91 Å². The Bertz CT molecular complexity index is 59.8. The number of amides is 1. The van der Waals surface area contributed by atoms with Gasteiger partial charge in [-0.15, -0.1) is 0 Å². The second-order valence-electron chi connectivity index (χ2n) is 0.606. The highest BCUT2D eigenvalue weighted by Gasteiger charge is 1.69. The molecule has 6 heavy (non-hydrogen) atoms. The molecule has 0 unspecified atom stereocenters. The maximum absolute atomic E-state index is 9.47. The van der Waals surface area contributed by atoms with E-state index >= 15 is 0 Å². The van der Waals surface area contributed by atoms with Crippen molar-refractivity contribution in [2.24, 2.45) is 5.73 Å². The molecule has 0 aliphatic heterocycles. The number of carbonyl (C=O) groups excluding carboxylic acids is 1. The number of nitrogens with zero attached hydrogens (tertiary/aromatic N) is 1.